The fraction of sp³-hybridized carbons (Fsp3) is 0.462. The van der Waals surface area contributed by atoms with Crippen molar-refractivity contribution in [1.82, 2.24) is 4.90 Å². The van der Waals surface area contributed by atoms with E-state index in [1.807, 2.05) is 0 Å². The molecule has 0 radical (unpaired) electrons. The molecule has 1 saturated heterocycles. The van der Waals surface area contributed by atoms with E-state index >= 15 is 0 Å². The maximum absolute atomic E-state index is 12.3. The van der Waals surface area contributed by atoms with Crippen LogP contribution in [0.1, 0.15) is 0 Å². The lowest BCUT2D eigenvalue weighted by molar-refractivity contribution is -0.132. The van der Waals surface area contributed by atoms with E-state index in [9.17, 15) is 9.00 Å². The molecule has 1 aromatic carbocycles. The number of nitrogen functional groups attached to an aromatic ring is 1. The molecule has 0 aliphatic carbocycles. The van der Waals surface area contributed by atoms with Crippen LogP contribution in [0.3, 0.4) is 0 Å². The molecule has 0 aromatic heterocycles. The minimum Gasteiger partial charge on any atom is -0.495 e. The Kier molecular flexibility index (Phi) is 4.97. The lowest BCUT2D eigenvalue weighted by Gasteiger charge is -2.26. The van der Waals surface area contributed by atoms with Crippen LogP contribution >= 0.6 is 0 Å². The molecule has 20 heavy (non-hydrogen) atoms. The highest BCUT2D eigenvalue weighted by molar-refractivity contribution is 7.85. The number of morpholine rings is 1. The second kappa shape index (κ2) is 6.71. The number of anilines is 1. The van der Waals surface area contributed by atoms with Gasteiger partial charge in [-0.3, -0.25) is 9.00 Å². The summed E-state index contributed by atoms with van der Waals surface area (Å²) in [5.41, 5.74) is 6.18. The van der Waals surface area contributed by atoms with Gasteiger partial charge >= 0.3 is 0 Å². The van der Waals surface area contributed by atoms with E-state index in [2.05, 4.69) is 0 Å². The number of nitrogens with zero attached hydrogens (tertiary/aromatic N) is 1. The Morgan fingerprint density at radius 3 is 2.80 bits per heavy atom. The Morgan fingerprint density at radius 2 is 2.15 bits per heavy atom. The quantitative estimate of drug-likeness (QED) is 0.806. The highest BCUT2D eigenvalue weighted by atomic mass is 32.2. The van der Waals surface area contributed by atoms with Crippen LogP contribution in [0.4, 0.5) is 5.69 Å². The van der Waals surface area contributed by atoms with E-state index in [4.69, 9.17) is 15.2 Å². The van der Waals surface area contributed by atoms with Gasteiger partial charge in [0.1, 0.15) is 11.5 Å². The normalized spacial score (nSPS) is 16.8. The second-order valence-electron chi connectivity index (χ2n) is 4.39. The summed E-state index contributed by atoms with van der Waals surface area (Å²) < 4.78 is 22.6. The summed E-state index contributed by atoms with van der Waals surface area (Å²) >= 11 is 0. The van der Waals surface area contributed by atoms with Gasteiger partial charge in [-0.05, 0) is 12.1 Å². The van der Waals surface area contributed by atoms with Crippen molar-refractivity contribution in [2.45, 2.75) is 4.90 Å². The minimum atomic E-state index is -1.45. The van der Waals surface area contributed by atoms with Crippen molar-refractivity contribution < 1.29 is 18.5 Å². The zero-order chi connectivity index (χ0) is 14.5. The second-order valence-corrected chi connectivity index (χ2v) is 5.81. The van der Waals surface area contributed by atoms with Crippen molar-refractivity contribution >= 4 is 22.4 Å². The van der Waals surface area contributed by atoms with Gasteiger partial charge in [0.2, 0.25) is 5.91 Å². The van der Waals surface area contributed by atoms with Crippen LogP contribution < -0.4 is 10.5 Å². The lowest BCUT2D eigenvalue weighted by atomic mass is 10.3. The number of methoxy groups -OCH3 is 1. The number of hydrogen-bond donors (Lipinski definition) is 1. The van der Waals surface area contributed by atoms with Crippen LogP contribution in [-0.4, -0.2) is 54.2 Å². The van der Waals surface area contributed by atoms with E-state index < -0.39 is 10.8 Å². The Labute approximate surface area is 120 Å². The van der Waals surface area contributed by atoms with E-state index in [1.54, 1.807) is 23.1 Å². The summed E-state index contributed by atoms with van der Waals surface area (Å²) in [6.07, 6.45) is 0. The van der Waals surface area contributed by atoms with E-state index in [-0.39, 0.29) is 11.7 Å². The average Bonchev–Trinajstić information content (AvgIpc) is 2.47. The molecule has 0 bridgehead atoms. The molecular weight excluding hydrogens is 280 g/mol. The number of hydrogen-bond acceptors (Lipinski definition) is 5. The van der Waals surface area contributed by atoms with Gasteiger partial charge in [-0.2, -0.15) is 0 Å². The summed E-state index contributed by atoms with van der Waals surface area (Å²) in [7, 11) is 0.0379. The van der Waals surface area contributed by atoms with Crippen LogP contribution in [0.25, 0.3) is 0 Å². The molecule has 1 aliphatic rings. The molecule has 2 rings (SSSR count). The lowest BCUT2D eigenvalue weighted by Crippen LogP contribution is -2.42. The summed E-state index contributed by atoms with van der Waals surface area (Å²) in [5, 5.41) is 0. The molecule has 1 atom stereocenters. The van der Waals surface area contributed by atoms with Crippen LogP contribution in [0, 0.1) is 0 Å². The van der Waals surface area contributed by atoms with Crippen molar-refractivity contribution in [1.29, 1.82) is 0 Å². The first-order valence-electron chi connectivity index (χ1n) is 6.29. The molecule has 1 aliphatic heterocycles. The van der Waals surface area contributed by atoms with Crippen molar-refractivity contribution in [3.05, 3.63) is 18.2 Å². The molecular formula is C13H18N2O4S. The first-order chi connectivity index (χ1) is 9.61. The minimum absolute atomic E-state index is 0.0553. The first-order valence-corrected chi connectivity index (χ1v) is 7.61. The predicted octanol–water partition coefficient (Wildman–Crippen LogP) is 0.244. The van der Waals surface area contributed by atoms with Gasteiger partial charge < -0.3 is 20.1 Å². The molecule has 1 unspecified atom stereocenters. The number of nitrogens with two attached hydrogens (primary N) is 1. The van der Waals surface area contributed by atoms with Gasteiger partial charge in [0.25, 0.3) is 0 Å². The average molecular weight is 298 g/mol. The van der Waals surface area contributed by atoms with Gasteiger partial charge in [-0.25, -0.2) is 0 Å². The molecule has 110 valence electrons. The van der Waals surface area contributed by atoms with Gasteiger partial charge in [0, 0.05) is 24.8 Å². The molecule has 1 heterocycles. The van der Waals surface area contributed by atoms with Crippen LogP contribution in [0.2, 0.25) is 0 Å². The molecule has 0 saturated carbocycles. The van der Waals surface area contributed by atoms with E-state index in [1.165, 1.54) is 7.11 Å². The summed E-state index contributed by atoms with van der Waals surface area (Å²) in [6, 6.07) is 4.89. The van der Waals surface area contributed by atoms with Crippen molar-refractivity contribution in [2.24, 2.45) is 0 Å². The fourth-order valence-corrected chi connectivity index (χ4v) is 3.12. The fourth-order valence-electron chi connectivity index (χ4n) is 1.97. The Hall–Kier alpha value is -1.60. The van der Waals surface area contributed by atoms with Crippen LogP contribution in [-0.2, 0) is 20.3 Å². The van der Waals surface area contributed by atoms with Gasteiger partial charge in [0.05, 0.1) is 36.0 Å². The highest BCUT2D eigenvalue weighted by Crippen LogP contribution is 2.25. The monoisotopic (exact) mass is 298 g/mol. The topological polar surface area (TPSA) is 81.9 Å². The molecule has 0 spiro atoms. The highest BCUT2D eigenvalue weighted by Gasteiger charge is 2.21. The molecule has 1 amide bonds. The van der Waals surface area contributed by atoms with Crippen molar-refractivity contribution in [2.75, 3.05) is 44.9 Å². The standard InChI is InChI=1S/C13H18N2O4S/c1-18-11-8-10(14)2-3-12(11)20(17)9-13(16)15-4-6-19-7-5-15/h2-3,8H,4-7,9,14H2,1H3. The number of ether oxygens (including phenoxy) is 2. The SMILES string of the molecule is COc1cc(N)ccc1S(=O)CC(=O)N1CCOCC1. The van der Waals surface area contributed by atoms with Crippen LogP contribution in [0.5, 0.6) is 5.75 Å². The Morgan fingerprint density at radius 1 is 1.45 bits per heavy atom. The third-order valence-corrected chi connectivity index (χ3v) is 4.39. The number of amides is 1. The van der Waals surface area contributed by atoms with Gasteiger partial charge in [-0.15, -0.1) is 0 Å². The maximum Gasteiger partial charge on any atom is 0.235 e. The third kappa shape index (κ3) is 3.49. The van der Waals surface area contributed by atoms with Crippen molar-refractivity contribution in [3.63, 3.8) is 0 Å². The number of carbonyl (C=O) groups is 1. The third-order valence-electron chi connectivity index (χ3n) is 3.05. The van der Waals surface area contributed by atoms with Gasteiger partial charge in [-0.1, -0.05) is 0 Å². The zero-order valence-electron chi connectivity index (χ0n) is 11.3. The Bertz CT molecular complexity index is 515. The number of carbonyl (C=O) groups excluding carboxylic acids is 1. The summed E-state index contributed by atoms with van der Waals surface area (Å²) in [5.74, 6) is 0.254. The van der Waals surface area contributed by atoms with Gasteiger partial charge in [0.15, 0.2) is 0 Å². The number of benzene rings is 1. The predicted molar refractivity (Wildman–Crippen MR) is 76.1 cm³/mol. The van der Waals surface area contributed by atoms with E-state index in [0.29, 0.717) is 42.6 Å². The number of rotatable bonds is 4. The molecule has 1 aromatic rings. The van der Waals surface area contributed by atoms with Crippen molar-refractivity contribution in [3.8, 4) is 5.75 Å². The first kappa shape index (κ1) is 14.8. The zero-order valence-corrected chi connectivity index (χ0v) is 12.1. The molecule has 7 heteroatoms. The maximum atomic E-state index is 12.3. The largest absolute Gasteiger partial charge is 0.495 e. The Balaban J connectivity index is 2.06. The molecule has 2 N–H and O–H groups in total. The summed E-state index contributed by atoms with van der Waals surface area (Å²) in [6.45, 7) is 2.16. The summed E-state index contributed by atoms with van der Waals surface area (Å²) in [4.78, 5) is 14.2. The van der Waals surface area contributed by atoms with E-state index in [0.717, 1.165) is 0 Å². The molecule has 1 fully saturated rings. The smallest absolute Gasteiger partial charge is 0.235 e. The van der Waals surface area contributed by atoms with Crippen LogP contribution in [0.15, 0.2) is 23.1 Å². The molecule has 6 nitrogen and oxygen atoms in total.